The van der Waals surface area contributed by atoms with E-state index in [0.717, 1.165) is 11.1 Å². The molecule has 0 saturated heterocycles. The molecule has 26 heavy (non-hydrogen) atoms. The highest BCUT2D eigenvalue weighted by Crippen LogP contribution is 2.21. The number of hydrogen-bond donors (Lipinski definition) is 0. The number of benzene rings is 1. The van der Waals surface area contributed by atoms with Crippen molar-refractivity contribution in [2.45, 2.75) is 60.3 Å². The Morgan fingerprint density at radius 2 is 1.62 bits per heavy atom. The lowest BCUT2D eigenvalue weighted by molar-refractivity contribution is 0.134. The van der Waals surface area contributed by atoms with Crippen molar-refractivity contribution in [3.63, 3.8) is 0 Å². The zero-order valence-corrected chi connectivity index (χ0v) is 17.3. The molecule has 2 rings (SSSR count). The van der Waals surface area contributed by atoms with Gasteiger partial charge in [0, 0.05) is 6.61 Å². The van der Waals surface area contributed by atoms with Gasteiger partial charge in [0.1, 0.15) is 6.61 Å². The molecular weight excluding hydrogens is 352 g/mol. The van der Waals surface area contributed by atoms with Gasteiger partial charge in [-0.05, 0) is 38.8 Å². The largest absolute Gasteiger partial charge is 0.485 e. The van der Waals surface area contributed by atoms with Crippen LogP contribution in [-0.4, -0.2) is 16.4 Å². The fourth-order valence-electron chi connectivity index (χ4n) is 2.11. The van der Waals surface area contributed by atoms with Gasteiger partial charge in [-0.15, -0.1) is 0 Å². The molecular formula is C20H29ClN2O3. The summed E-state index contributed by atoms with van der Waals surface area (Å²) in [4.78, 5) is 12.3. The Bertz CT molecular complexity index is 734. The molecule has 0 saturated carbocycles. The van der Waals surface area contributed by atoms with Gasteiger partial charge < -0.3 is 9.47 Å². The van der Waals surface area contributed by atoms with Gasteiger partial charge in [0.2, 0.25) is 0 Å². The molecule has 0 aliphatic carbocycles. The molecule has 1 aromatic heterocycles. The molecule has 0 atom stereocenters. The lowest BCUT2D eigenvalue weighted by Gasteiger charge is -2.21. The average molecular weight is 381 g/mol. The van der Waals surface area contributed by atoms with Gasteiger partial charge in [-0.25, -0.2) is 4.68 Å². The Hall–Kier alpha value is -1.85. The van der Waals surface area contributed by atoms with Crippen molar-refractivity contribution in [2.75, 3.05) is 6.61 Å². The van der Waals surface area contributed by atoms with Gasteiger partial charge >= 0.3 is 0 Å². The van der Waals surface area contributed by atoms with Gasteiger partial charge in [-0.1, -0.05) is 49.7 Å². The highest BCUT2D eigenvalue weighted by atomic mass is 35.5. The Kier molecular flexibility index (Phi) is 8.82. The summed E-state index contributed by atoms with van der Waals surface area (Å²) in [5.74, 6) is 0.292. The molecule has 0 unspecified atom stereocenters. The van der Waals surface area contributed by atoms with Crippen LogP contribution >= 0.6 is 11.6 Å². The SMILES string of the molecule is CC.CCOCc1ccc(COc2cnn(C(C)(C)C)c(=O)c2Cl)cc1. The van der Waals surface area contributed by atoms with E-state index in [4.69, 9.17) is 21.1 Å². The van der Waals surface area contributed by atoms with Gasteiger partial charge in [-0.3, -0.25) is 4.79 Å². The Morgan fingerprint density at radius 3 is 2.12 bits per heavy atom. The van der Waals surface area contributed by atoms with Crippen molar-refractivity contribution in [1.82, 2.24) is 9.78 Å². The number of aromatic nitrogens is 2. The van der Waals surface area contributed by atoms with E-state index < -0.39 is 5.54 Å². The van der Waals surface area contributed by atoms with Crippen LogP contribution in [0.25, 0.3) is 0 Å². The van der Waals surface area contributed by atoms with E-state index in [9.17, 15) is 4.79 Å². The Morgan fingerprint density at radius 1 is 1.08 bits per heavy atom. The van der Waals surface area contributed by atoms with Gasteiger partial charge in [0.25, 0.3) is 5.56 Å². The van der Waals surface area contributed by atoms with E-state index in [1.807, 2.05) is 65.8 Å². The summed E-state index contributed by atoms with van der Waals surface area (Å²) in [5.41, 5.74) is 1.29. The minimum Gasteiger partial charge on any atom is -0.485 e. The van der Waals surface area contributed by atoms with Crippen molar-refractivity contribution in [3.8, 4) is 5.75 Å². The third kappa shape index (κ3) is 6.15. The summed E-state index contributed by atoms with van der Waals surface area (Å²) in [6, 6.07) is 7.91. The monoisotopic (exact) mass is 380 g/mol. The van der Waals surface area contributed by atoms with E-state index in [1.54, 1.807) is 0 Å². The van der Waals surface area contributed by atoms with Crippen molar-refractivity contribution >= 4 is 11.6 Å². The van der Waals surface area contributed by atoms with Gasteiger partial charge in [0.05, 0.1) is 18.3 Å². The van der Waals surface area contributed by atoms with Crippen molar-refractivity contribution in [3.05, 3.63) is 57.0 Å². The zero-order valence-electron chi connectivity index (χ0n) is 16.5. The van der Waals surface area contributed by atoms with E-state index in [1.165, 1.54) is 10.9 Å². The molecule has 0 aliphatic heterocycles. The smallest absolute Gasteiger partial charge is 0.289 e. The van der Waals surface area contributed by atoms with Crippen LogP contribution < -0.4 is 10.3 Å². The second-order valence-electron chi connectivity index (χ2n) is 6.45. The number of halogens is 1. The van der Waals surface area contributed by atoms with E-state index >= 15 is 0 Å². The summed E-state index contributed by atoms with van der Waals surface area (Å²) in [5, 5.41) is 4.20. The van der Waals surface area contributed by atoms with Crippen LogP contribution in [0.15, 0.2) is 35.3 Å². The highest BCUT2D eigenvalue weighted by molar-refractivity contribution is 6.31. The van der Waals surface area contributed by atoms with E-state index in [-0.39, 0.29) is 10.6 Å². The maximum Gasteiger partial charge on any atom is 0.289 e. The number of ether oxygens (including phenoxy) is 2. The predicted molar refractivity (Wildman–Crippen MR) is 106 cm³/mol. The van der Waals surface area contributed by atoms with E-state index in [0.29, 0.717) is 25.6 Å². The average Bonchev–Trinajstić information content (AvgIpc) is 2.62. The summed E-state index contributed by atoms with van der Waals surface area (Å²) >= 11 is 6.14. The Balaban J connectivity index is 0.00000163. The molecule has 0 aliphatic rings. The molecule has 2 aromatic rings. The van der Waals surface area contributed by atoms with E-state index in [2.05, 4.69) is 5.10 Å². The zero-order chi connectivity index (χ0) is 19.7. The number of nitrogens with zero attached hydrogens (tertiary/aromatic N) is 2. The molecule has 0 N–H and O–H groups in total. The lowest BCUT2D eigenvalue weighted by atomic mass is 10.1. The molecule has 0 radical (unpaired) electrons. The molecule has 144 valence electrons. The summed E-state index contributed by atoms with van der Waals surface area (Å²) in [6.45, 7) is 13.2. The number of rotatable bonds is 6. The fourth-order valence-corrected chi connectivity index (χ4v) is 2.29. The molecule has 5 nitrogen and oxygen atoms in total. The van der Waals surface area contributed by atoms with Crippen molar-refractivity contribution < 1.29 is 9.47 Å². The predicted octanol–water partition coefficient (Wildman–Crippen LogP) is 4.79. The lowest BCUT2D eigenvalue weighted by Crippen LogP contribution is -2.36. The summed E-state index contributed by atoms with van der Waals surface area (Å²) in [6.07, 6.45) is 1.48. The van der Waals surface area contributed by atoms with Gasteiger partial charge in [-0.2, -0.15) is 5.10 Å². The maximum atomic E-state index is 12.3. The minimum atomic E-state index is -0.435. The van der Waals surface area contributed by atoms with Crippen molar-refractivity contribution in [2.24, 2.45) is 0 Å². The van der Waals surface area contributed by atoms with Crippen LogP contribution in [0.5, 0.6) is 5.75 Å². The first kappa shape index (κ1) is 22.2. The molecule has 1 aromatic carbocycles. The third-order valence-corrected chi connectivity index (χ3v) is 3.76. The second kappa shape index (κ2) is 10.3. The van der Waals surface area contributed by atoms with Crippen molar-refractivity contribution in [1.29, 1.82) is 0 Å². The van der Waals surface area contributed by atoms with Crippen LogP contribution in [0.1, 0.15) is 52.7 Å². The molecule has 1 heterocycles. The first-order chi connectivity index (χ1) is 12.3. The molecule has 0 spiro atoms. The van der Waals surface area contributed by atoms with Crippen LogP contribution in [-0.2, 0) is 23.5 Å². The maximum absolute atomic E-state index is 12.3. The third-order valence-electron chi connectivity index (χ3n) is 3.41. The van der Waals surface area contributed by atoms with Crippen LogP contribution in [0.4, 0.5) is 0 Å². The first-order valence-electron chi connectivity index (χ1n) is 8.89. The summed E-state index contributed by atoms with van der Waals surface area (Å²) in [7, 11) is 0. The molecule has 0 amide bonds. The van der Waals surface area contributed by atoms with Crippen LogP contribution in [0, 0.1) is 0 Å². The normalized spacial score (nSPS) is 10.9. The Labute approximate surface area is 160 Å². The van der Waals surface area contributed by atoms with Crippen LogP contribution in [0.3, 0.4) is 0 Å². The second-order valence-corrected chi connectivity index (χ2v) is 6.83. The fraction of sp³-hybridized carbons (Fsp3) is 0.500. The topological polar surface area (TPSA) is 53.4 Å². The minimum absolute atomic E-state index is 0.0490. The first-order valence-corrected chi connectivity index (χ1v) is 9.27. The highest BCUT2D eigenvalue weighted by Gasteiger charge is 2.19. The molecule has 6 heteroatoms. The summed E-state index contributed by atoms with van der Waals surface area (Å²) < 4.78 is 12.4. The number of hydrogen-bond acceptors (Lipinski definition) is 4. The quantitative estimate of drug-likeness (QED) is 0.722. The van der Waals surface area contributed by atoms with Gasteiger partial charge in [0.15, 0.2) is 10.8 Å². The molecule has 0 bridgehead atoms. The standard InChI is InChI=1S/C18H23ClN2O3.C2H6/c1-5-23-11-13-6-8-14(9-7-13)12-24-15-10-20-21(18(2,3)4)17(22)16(15)19;1-2/h6-10H,5,11-12H2,1-4H3;1-2H3. The molecule has 0 fully saturated rings. The van der Waals surface area contributed by atoms with Crippen LogP contribution in [0.2, 0.25) is 5.02 Å².